The zero-order chi connectivity index (χ0) is 27.4. The Morgan fingerprint density at radius 3 is 2.74 bits per heavy atom. The number of aromatic nitrogens is 7. The molecular formula is C26H32N10O2S. The van der Waals surface area contributed by atoms with Gasteiger partial charge in [-0.3, -0.25) is 5.32 Å². The molecule has 5 rings (SSSR count). The summed E-state index contributed by atoms with van der Waals surface area (Å²) < 4.78 is 5.16. The van der Waals surface area contributed by atoms with Crippen molar-refractivity contribution >= 4 is 40.0 Å². The van der Waals surface area contributed by atoms with Crippen LogP contribution >= 0.6 is 11.3 Å². The second-order valence-corrected chi connectivity index (χ2v) is 10.7. The molecule has 204 valence electrons. The highest BCUT2D eigenvalue weighted by Gasteiger charge is 2.27. The molecule has 3 aromatic heterocycles. The van der Waals surface area contributed by atoms with Crippen molar-refractivity contribution in [1.82, 2.24) is 35.6 Å². The van der Waals surface area contributed by atoms with Gasteiger partial charge in [-0.05, 0) is 48.6 Å². The fourth-order valence-electron chi connectivity index (χ4n) is 4.35. The van der Waals surface area contributed by atoms with E-state index in [0.29, 0.717) is 46.5 Å². The maximum Gasteiger partial charge on any atom is 0.350 e. The molecule has 0 bridgehead atoms. The highest BCUT2D eigenvalue weighted by molar-refractivity contribution is 7.17. The highest BCUT2D eigenvalue weighted by Crippen LogP contribution is 2.35. The van der Waals surface area contributed by atoms with E-state index in [1.54, 1.807) is 13.8 Å². The lowest BCUT2D eigenvalue weighted by atomic mass is 10.1. The molecule has 4 heterocycles. The van der Waals surface area contributed by atoms with Gasteiger partial charge in [-0.1, -0.05) is 49.4 Å². The molecule has 0 saturated carbocycles. The van der Waals surface area contributed by atoms with E-state index in [1.165, 1.54) is 11.3 Å². The van der Waals surface area contributed by atoms with Crippen LogP contribution in [0.1, 0.15) is 53.7 Å². The Bertz CT molecular complexity index is 1420. The maximum atomic E-state index is 12.3. The van der Waals surface area contributed by atoms with Gasteiger partial charge in [0.05, 0.1) is 12.3 Å². The third kappa shape index (κ3) is 6.14. The first-order chi connectivity index (χ1) is 18.9. The monoisotopic (exact) mass is 548 g/mol. The number of benzene rings is 1. The summed E-state index contributed by atoms with van der Waals surface area (Å²) in [7, 11) is 0. The zero-order valence-corrected chi connectivity index (χ0v) is 23.3. The van der Waals surface area contributed by atoms with Crippen molar-refractivity contribution in [3.63, 3.8) is 0 Å². The summed E-state index contributed by atoms with van der Waals surface area (Å²) >= 11 is 1.24. The molecule has 0 fully saturated rings. The van der Waals surface area contributed by atoms with Crippen LogP contribution < -0.4 is 15.5 Å². The van der Waals surface area contributed by atoms with Crippen LogP contribution in [-0.4, -0.2) is 61.2 Å². The van der Waals surface area contributed by atoms with E-state index in [0.717, 1.165) is 54.3 Å². The number of hydrogen-bond acceptors (Lipinski definition) is 12. The van der Waals surface area contributed by atoms with Crippen LogP contribution in [0.3, 0.4) is 0 Å². The normalized spacial score (nSPS) is 12.6. The molecule has 0 aliphatic carbocycles. The van der Waals surface area contributed by atoms with Gasteiger partial charge in [0.25, 0.3) is 0 Å². The summed E-state index contributed by atoms with van der Waals surface area (Å²) in [6, 6.07) is 8.17. The van der Waals surface area contributed by atoms with E-state index >= 15 is 0 Å². The van der Waals surface area contributed by atoms with Gasteiger partial charge in [0.15, 0.2) is 11.0 Å². The summed E-state index contributed by atoms with van der Waals surface area (Å²) in [5.74, 6) is 3.00. The van der Waals surface area contributed by atoms with Gasteiger partial charge in [0.2, 0.25) is 5.95 Å². The number of aromatic amines is 1. The van der Waals surface area contributed by atoms with E-state index in [9.17, 15) is 4.79 Å². The topological polar surface area (TPSA) is 147 Å². The van der Waals surface area contributed by atoms with Crippen LogP contribution in [0, 0.1) is 12.8 Å². The largest absolute Gasteiger partial charge is 0.462 e. The Hall–Kier alpha value is -4.13. The number of thiazole rings is 1. The molecule has 0 atom stereocenters. The number of carbonyl (C=O) groups excluding carboxylic acids is 1. The fourth-order valence-corrected chi connectivity index (χ4v) is 5.21. The summed E-state index contributed by atoms with van der Waals surface area (Å²) in [5.41, 5.74) is 3.80. The minimum Gasteiger partial charge on any atom is -0.462 e. The minimum absolute atomic E-state index is 0.314. The molecule has 12 nitrogen and oxygen atoms in total. The summed E-state index contributed by atoms with van der Waals surface area (Å²) in [6.07, 6.45) is 1.89. The number of H-pyrrole nitrogens is 1. The molecule has 0 amide bonds. The molecule has 0 unspecified atom stereocenters. The number of carbonyl (C=O) groups is 1. The van der Waals surface area contributed by atoms with Gasteiger partial charge in [0, 0.05) is 30.8 Å². The molecule has 13 heteroatoms. The number of esters is 1. The van der Waals surface area contributed by atoms with Crippen molar-refractivity contribution in [2.24, 2.45) is 5.92 Å². The first-order valence-electron chi connectivity index (χ1n) is 13.1. The summed E-state index contributed by atoms with van der Waals surface area (Å²) in [6.45, 7) is 10.7. The standard InChI is InChI=1S/C26H32N10O2S/c1-5-38-24(37)20-16(4)28-26(39-20)31-25-29-22(27-12-10-15(2)3)19-11-13-36(23(19)30-25)14-17-6-8-18(9-7-17)21-32-34-35-33-21/h6-9,15H,5,10-14H2,1-4H3,(H,32,33,34,35)(H2,27,28,29,30,31). The molecule has 4 aromatic rings. The molecule has 0 radical (unpaired) electrons. The lowest BCUT2D eigenvalue weighted by molar-refractivity contribution is 0.0531. The predicted octanol–water partition coefficient (Wildman–Crippen LogP) is 4.36. The maximum absolute atomic E-state index is 12.3. The Labute approximate surface area is 230 Å². The lowest BCUT2D eigenvalue weighted by Crippen LogP contribution is -2.21. The van der Waals surface area contributed by atoms with Gasteiger partial charge in [-0.25, -0.2) is 14.9 Å². The number of nitrogens with zero attached hydrogens (tertiary/aromatic N) is 7. The quantitative estimate of drug-likeness (QED) is 0.230. The van der Waals surface area contributed by atoms with Crippen molar-refractivity contribution < 1.29 is 9.53 Å². The molecule has 3 N–H and O–H groups in total. The van der Waals surface area contributed by atoms with Gasteiger partial charge in [-0.15, -0.1) is 5.10 Å². The number of ether oxygens (including phenoxy) is 1. The van der Waals surface area contributed by atoms with Gasteiger partial charge >= 0.3 is 5.97 Å². The summed E-state index contributed by atoms with van der Waals surface area (Å²) in [5, 5.41) is 21.4. The lowest BCUT2D eigenvalue weighted by Gasteiger charge is -2.20. The van der Waals surface area contributed by atoms with Crippen LogP contribution in [0.5, 0.6) is 0 Å². The zero-order valence-electron chi connectivity index (χ0n) is 22.5. The third-order valence-electron chi connectivity index (χ3n) is 6.35. The van der Waals surface area contributed by atoms with E-state index in [-0.39, 0.29) is 5.97 Å². The van der Waals surface area contributed by atoms with E-state index in [2.05, 4.69) is 67.1 Å². The average molecular weight is 549 g/mol. The minimum atomic E-state index is -0.372. The van der Waals surface area contributed by atoms with Crippen molar-refractivity contribution in [2.75, 3.05) is 35.2 Å². The van der Waals surface area contributed by atoms with Crippen LogP contribution in [-0.2, 0) is 17.7 Å². The average Bonchev–Trinajstić information content (AvgIpc) is 3.66. The smallest absolute Gasteiger partial charge is 0.350 e. The molecule has 39 heavy (non-hydrogen) atoms. The van der Waals surface area contributed by atoms with Crippen molar-refractivity contribution in [1.29, 1.82) is 0 Å². The number of hydrogen-bond donors (Lipinski definition) is 3. The van der Waals surface area contributed by atoms with E-state index in [4.69, 9.17) is 14.7 Å². The highest BCUT2D eigenvalue weighted by atomic mass is 32.1. The number of rotatable bonds is 11. The Morgan fingerprint density at radius 1 is 1.21 bits per heavy atom. The second kappa shape index (κ2) is 11.7. The van der Waals surface area contributed by atoms with Gasteiger partial charge < -0.3 is 15.0 Å². The summed E-state index contributed by atoms with van der Waals surface area (Å²) in [4.78, 5) is 29.2. The number of nitrogens with one attached hydrogen (secondary N) is 3. The molecular weight excluding hydrogens is 516 g/mol. The Kier molecular flexibility index (Phi) is 7.96. The van der Waals surface area contributed by atoms with E-state index < -0.39 is 0 Å². The first kappa shape index (κ1) is 26.5. The van der Waals surface area contributed by atoms with Crippen molar-refractivity contribution in [3.05, 3.63) is 46.0 Å². The molecule has 1 aliphatic rings. The van der Waals surface area contributed by atoms with Crippen molar-refractivity contribution in [2.45, 2.75) is 47.1 Å². The third-order valence-corrected chi connectivity index (χ3v) is 7.41. The second-order valence-electron chi connectivity index (χ2n) is 9.70. The molecule has 0 saturated heterocycles. The predicted molar refractivity (Wildman–Crippen MR) is 150 cm³/mol. The number of aryl methyl sites for hydroxylation is 1. The van der Waals surface area contributed by atoms with Gasteiger partial charge in [-0.2, -0.15) is 9.97 Å². The SMILES string of the molecule is CCOC(=O)c1sc(Nc2nc(NCCC(C)C)c3c(n2)N(Cc2ccc(-c4nnn[nH]4)cc2)CC3)nc1C. The Balaban J connectivity index is 1.39. The van der Waals surface area contributed by atoms with Crippen LogP contribution in [0.4, 0.5) is 22.7 Å². The fraction of sp³-hybridized carbons (Fsp3) is 0.423. The van der Waals surface area contributed by atoms with Gasteiger partial charge in [0.1, 0.15) is 16.5 Å². The number of tetrazole rings is 1. The van der Waals surface area contributed by atoms with Crippen LogP contribution in [0.2, 0.25) is 0 Å². The van der Waals surface area contributed by atoms with Crippen molar-refractivity contribution in [3.8, 4) is 11.4 Å². The Morgan fingerprint density at radius 2 is 2.03 bits per heavy atom. The van der Waals surface area contributed by atoms with E-state index in [1.807, 2.05) is 12.1 Å². The number of fused-ring (bicyclic) bond motifs is 1. The number of anilines is 4. The molecule has 1 aromatic carbocycles. The van der Waals surface area contributed by atoms with Crippen LogP contribution in [0.25, 0.3) is 11.4 Å². The van der Waals surface area contributed by atoms with Crippen LogP contribution in [0.15, 0.2) is 24.3 Å². The molecule has 0 spiro atoms. The molecule has 1 aliphatic heterocycles. The first-order valence-corrected chi connectivity index (χ1v) is 13.9.